The first-order valence-corrected chi connectivity index (χ1v) is 16.3. The molecule has 0 atom stereocenters. The molecule has 0 aliphatic heterocycles. The fourth-order valence-electron chi connectivity index (χ4n) is 6.79. The van der Waals surface area contributed by atoms with E-state index in [-0.39, 0.29) is 0 Å². The summed E-state index contributed by atoms with van der Waals surface area (Å²) in [4.78, 5) is 19.8. The van der Waals surface area contributed by atoms with E-state index in [0.717, 1.165) is 60.5 Å². The van der Waals surface area contributed by atoms with Gasteiger partial charge in [-0.15, -0.1) is 0 Å². The van der Waals surface area contributed by atoms with Crippen LogP contribution in [0, 0.1) is 0 Å². The zero-order valence-electron chi connectivity index (χ0n) is 26.2. The molecule has 3 aromatic heterocycles. The van der Waals surface area contributed by atoms with Crippen molar-refractivity contribution in [2.24, 2.45) is 0 Å². The summed E-state index contributed by atoms with van der Waals surface area (Å²) in [5, 5.41) is 7.80. The van der Waals surface area contributed by atoms with E-state index < -0.39 is 0 Å². The van der Waals surface area contributed by atoms with Crippen LogP contribution in [0.3, 0.4) is 0 Å². The van der Waals surface area contributed by atoms with Gasteiger partial charge in [0.25, 0.3) is 0 Å². The molecule has 0 spiro atoms. The minimum absolute atomic E-state index is 0.597. The van der Waals surface area contributed by atoms with E-state index in [4.69, 9.17) is 19.4 Å². The Balaban J connectivity index is 1.13. The molecule has 10 aromatic rings. The van der Waals surface area contributed by atoms with Crippen LogP contribution in [-0.4, -0.2) is 19.9 Å². The molecule has 228 valence electrons. The Bertz CT molecular complexity index is 2890. The standard InChI is InChI=1S/C44H26N4O/c1-3-8-32-24-34(18-13-27(32)6-1)29-11-16-31(17-12-29)42-46-43(35-19-14-28-7-2-4-9-33(28)25-35)48-44(47-42)36-20-15-30-21-22-37-40-39(10-5-23-45-40)49-41(37)38(30)26-36/h1-26H. The summed E-state index contributed by atoms with van der Waals surface area (Å²) in [6.07, 6.45) is 1.80. The Morgan fingerprint density at radius 1 is 0.367 bits per heavy atom. The summed E-state index contributed by atoms with van der Waals surface area (Å²) in [5.74, 6) is 1.83. The third-order valence-electron chi connectivity index (χ3n) is 9.34. The lowest BCUT2D eigenvalue weighted by Gasteiger charge is -2.10. The van der Waals surface area contributed by atoms with Crippen molar-refractivity contribution in [1.29, 1.82) is 0 Å². The summed E-state index contributed by atoms with van der Waals surface area (Å²) in [7, 11) is 0. The highest BCUT2D eigenvalue weighted by Crippen LogP contribution is 2.36. The molecule has 49 heavy (non-hydrogen) atoms. The average molecular weight is 627 g/mol. The van der Waals surface area contributed by atoms with Gasteiger partial charge in [0.15, 0.2) is 23.1 Å². The third kappa shape index (κ3) is 4.71. The van der Waals surface area contributed by atoms with Crippen LogP contribution in [0.2, 0.25) is 0 Å². The molecule has 5 heteroatoms. The summed E-state index contributed by atoms with van der Waals surface area (Å²) in [6, 6.07) is 52.5. The molecule has 3 heterocycles. The lowest BCUT2D eigenvalue weighted by molar-refractivity contribution is 0.672. The van der Waals surface area contributed by atoms with Crippen molar-refractivity contribution in [2.75, 3.05) is 0 Å². The number of hydrogen-bond donors (Lipinski definition) is 0. The van der Waals surface area contributed by atoms with Crippen LogP contribution >= 0.6 is 0 Å². The van der Waals surface area contributed by atoms with E-state index in [2.05, 4.69) is 145 Å². The molecule has 0 unspecified atom stereocenters. The lowest BCUT2D eigenvalue weighted by Crippen LogP contribution is -2.00. The number of hydrogen-bond acceptors (Lipinski definition) is 5. The largest absolute Gasteiger partial charge is 0.454 e. The SMILES string of the molecule is c1ccc2cc(-c3ccc(-c4nc(-c5ccc6ccccc6c5)nc(-c5ccc6ccc7c8ncccc8oc7c6c5)n4)cc3)ccc2c1. The van der Waals surface area contributed by atoms with Gasteiger partial charge in [-0.05, 0) is 74.5 Å². The predicted octanol–water partition coefficient (Wildman–Crippen LogP) is 11.3. The second-order valence-corrected chi connectivity index (χ2v) is 12.3. The summed E-state index contributed by atoms with van der Waals surface area (Å²) in [5.41, 5.74) is 7.47. The minimum atomic E-state index is 0.597. The van der Waals surface area contributed by atoms with Gasteiger partial charge in [0.05, 0.1) is 0 Å². The maximum Gasteiger partial charge on any atom is 0.164 e. The molecule has 0 bridgehead atoms. The summed E-state index contributed by atoms with van der Waals surface area (Å²) >= 11 is 0. The first-order chi connectivity index (χ1) is 24.2. The van der Waals surface area contributed by atoms with Crippen LogP contribution in [-0.2, 0) is 0 Å². The van der Waals surface area contributed by atoms with Crippen LogP contribution < -0.4 is 0 Å². The predicted molar refractivity (Wildman–Crippen MR) is 199 cm³/mol. The van der Waals surface area contributed by atoms with Crippen molar-refractivity contribution in [3.63, 3.8) is 0 Å². The van der Waals surface area contributed by atoms with Crippen LogP contribution in [0.4, 0.5) is 0 Å². The monoisotopic (exact) mass is 626 g/mol. The maximum absolute atomic E-state index is 6.34. The minimum Gasteiger partial charge on any atom is -0.454 e. The third-order valence-corrected chi connectivity index (χ3v) is 9.34. The zero-order valence-corrected chi connectivity index (χ0v) is 26.2. The number of fused-ring (bicyclic) bond motifs is 7. The van der Waals surface area contributed by atoms with E-state index in [1.807, 2.05) is 12.1 Å². The van der Waals surface area contributed by atoms with E-state index in [1.165, 1.54) is 21.7 Å². The molecule has 0 N–H and O–H groups in total. The second-order valence-electron chi connectivity index (χ2n) is 12.3. The van der Waals surface area contributed by atoms with Crippen molar-refractivity contribution in [2.45, 2.75) is 0 Å². The molecule has 0 aliphatic rings. The highest BCUT2D eigenvalue weighted by Gasteiger charge is 2.16. The Hall–Kier alpha value is -6.72. The molecule has 0 fully saturated rings. The van der Waals surface area contributed by atoms with Crippen molar-refractivity contribution in [3.8, 4) is 45.3 Å². The molecule has 0 saturated carbocycles. The van der Waals surface area contributed by atoms with Crippen molar-refractivity contribution < 1.29 is 4.42 Å². The van der Waals surface area contributed by atoms with Gasteiger partial charge in [0.1, 0.15) is 11.1 Å². The van der Waals surface area contributed by atoms with Gasteiger partial charge in [0, 0.05) is 33.7 Å². The smallest absolute Gasteiger partial charge is 0.164 e. The van der Waals surface area contributed by atoms with E-state index in [0.29, 0.717) is 17.5 Å². The first-order valence-electron chi connectivity index (χ1n) is 16.3. The summed E-state index contributed by atoms with van der Waals surface area (Å²) < 4.78 is 6.34. The molecule has 0 saturated heterocycles. The number of pyridine rings is 1. The van der Waals surface area contributed by atoms with Gasteiger partial charge >= 0.3 is 0 Å². The topological polar surface area (TPSA) is 64.7 Å². The fourth-order valence-corrected chi connectivity index (χ4v) is 6.79. The van der Waals surface area contributed by atoms with Gasteiger partial charge in [-0.3, -0.25) is 4.98 Å². The van der Waals surface area contributed by atoms with E-state index in [1.54, 1.807) is 6.20 Å². The van der Waals surface area contributed by atoms with Gasteiger partial charge in [-0.2, -0.15) is 0 Å². The Morgan fingerprint density at radius 3 is 1.61 bits per heavy atom. The molecule has 0 aliphatic carbocycles. The van der Waals surface area contributed by atoms with Gasteiger partial charge in [-0.25, -0.2) is 15.0 Å². The molecule has 0 amide bonds. The van der Waals surface area contributed by atoms with E-state index in [9.17, 15) is 0 Å². The molecule has 0 radical (unpaired) electrons. The quantitative estimate of drug-likeness (QED) is 0.194. The number of nitrogens with zero attached hydrogens (tertiary/aromatic N) is 4. The Kier molecular flexibility index (Phi) is 6.11. The van der Waals surface area contributed by atoms with Crippen molar-refractivity contribution >= 4 is 54.4 Å². The van der Waals surface area contributed by atoms with Crippen LogP contribution in [0.5, 0.6) is 0 Å². The average Bonchev–Trinajstić information content (AvgIpc) is 3.56. The zero-order chi connectivity index (χ0) is 32.3. The molecular formula is C44H26N4O. The molecule has 10 rings (SSSR count). The Labute approximate surface area is 281 Å². The second kappa shape index (κ2) is 10.9. The van der Waals surface area contributed by atoms with Gasteiger partial charge in [-0.1, -0.05) is 115 Å². The Morgan fingerprint density at radius 2 is 0.898 bits per heavy atom. The van der Waals surface area contributed by atoms with Gasteiger partial charge in [0.2, 0.25) is 0 Å². The van der Waals surface area contributed by atoms with Crippen molar-refractivity contribution in [1.82, 2.24) is 19.9 Å². The van der Waals surface area contributed by atoms with Gasteiger partial charge < -0.3 is 4.42 Å². The first kappa shape index (κ1) is 27.4. The lowest BCUT2D eigenvalue weighted by atomic mass is 10.00. The van der Waals surface area contributed by atoms with Crippen LogP contribution in [0.25, 0.3) is 99.7 Å². The van der Waals surface area contributed by atoms with E-state index >= 15 is 0 Å². The number of furan rings is 1. The number of aromatic nitrogens is 4. The van der Waals surface area contributed by atoms with Crippen LogP contribution in [0.15, 0.2) is 162 Å². The molecular weight excluding hydrogens is 601 g/mol. The highest BCUT2D eigenvalue weighted by atomic mass is 16.3. The number of benzene rings is 7. The molecule has 5 nitrogen and oxygen atoms in total. The van der Waals surface area contributed by atoms with Crippen LogP contribution in [0.1, 0.15) is 0 Å². The fraction of sp³-hybridized carbons (Fsp3) is 0. The van der Waals surface area contributed by atoms with Crippen molar-refractivity contribution in [3.05, 3.63) is 158 Å². The maximum atomic E-state index is 6.34. The highest BCUT2D eigenvalue weighted by molar-refractivity contribution is 6.14. The normalized spacial score (nSPS) is 11.7. The molecule has 7 aromatic carbocycles. The summed E-state index contributed by atoms with van der Waals surface area (Å²) in [6.45, 7) is 0. The number of rotatable bonds is 4.